The molecule has 1 aromatic heterocycles. The van der Waals surface area contributed by atoms with Crippen LogP contribution in [0.5, 0.6) is 5.75 Å². The van der Waals surface area contributed by atoms with Crippen LogP contribution in [0.25, 0.3) is 11.3 Å². The van der Waals surface area contributed by atoms with E-state index in [1.807, 2.05) is 0 Å². The Morgan fingerprint density at radius 1 is 1.29 bits per heavy atom. The molecule has 1 heterocycles. The van der Waals surface area contributed by atoms with Crippen LogP contribution in [0.1, 0.15) is 27.8 Å². The molecule has 17 heavy (non-hydrogen) atoms. The third kappa shape index (κ3) is 2.10. The number of phenolic OH excluding ortho intramolecular Hbond substituents is 1. The maximum Gasteiger partial charge on any atom is 0.185 e. The lowest BCUT2D eigenvalue weighted by Gasteiger charge is -2.04. The number of Topliss-reactive ketones (excluding diaryl/α,β-unsaturated/α-hetero) is 1. The molecule has 0 aliphatic heterocycles. The smallest absolute Gasteiger partial charge is 0.185 e. The van der Waals surface area contributed by atoms with Crippen molar-refractivity contribution < 1.29 is 19.1 Å². The van der Waals surface area contributed by atoms with Gasteiger partial charge in [-0.05, 0) is 37.3 Å². The second-order valence-corrected chi connectivity index (χ2v) is 3.61. The summed E-state index contributed by atoms with van der Waals surface area (Å²) in [6.07, 6.45) is 0.595. The summed E-state index contributed by atoms with van der Waals surface area (Å²) in [6, 6.07) is 7.56. The van der Waals surface area contributed by atoms with Crippen molar-refractivity contribution in [2.24, 2.45) is 0 Å². The summed E-state index contributed by atoms with van der Waals surface area (Å²) < 4.78 is 5.25. The molecule has 86 valence electrons. The summed E-state index contributed by atoms with van der Waals surface area (Å²) in [7, 11) is 0. The SMILES string of the molecule is CC(=O)c1cc(O)ccc1-c1ccc(C=O)o1. The number of benzene rings is 1. The number of carbonyl (C=O) groups is 2. The molecule has 0 unspecified atom stereocenters. The topological polar surface area (TPSA) is 67.5 Å². The van der Waals surface area contributed by atoms with Gasteiger partial charge in [0.15, 0.2) is 17.8 Å². The molecular formula is C13H10O4. The van der Waals surface area contributed by atoms with Crippen molar-refractivity contribution in [3.63, 3.8) is 0 Å². The van der Waals surface area contributed by atoms with Gasteiger partial charge in [-0.1, -0.05) is 0 Å². The molecule has 0 radical (unpaired) electrons. The Morgan fingerprint density at radius 3 is 2.65 bits per heavy atom. The number of hydrogen-bond donors (Lipinski definition) is 1. The number of aldehydes is 1. The lowest BCUT2D eigenvalue weighted by Crippen LogP contribution is -1.95. The molecule has 0 bridgehead atoms. The van der Waals surface area contributed by atoms with Crippen molar-refractivity contribution in [3.05, 3.63) is 41.7 Å². The van der Waals surface area contributed by atoms with Gasteiger partial charge in [0.1, 0.15) is 11.5 Å². The van der Waals surface area contributed by atoms with Crippen molar-refractivity contribution in [1.29, 1.82) is 0 Å². The second-order valence-electron chi connectivity index (χ2n) is 3.61. The molecule has 0 saturated carbocycles. The molecule has 4 heteroatoms. The van der Waals surface area contributed by atoms with Crippen molar-refractivity contribution in [1.82, 2.24) is 0 Å². The number of phenols is 1. The average molecular weight is 230 g/mol. The minimum atomic E-state index is -0.181. The van der Waals surface area contributed by atoms with Crippen LogP contribution in [0.2, 0.25) is 0 Å². The number of ketones is 1. The first kappa shape index (κ1) is 11.1. The van der Waals surface area contributed by atoms with Gasteiger partial charge in [-0.15, -0.1) is 0 Å². The Morgan fingerprint density at radius 2 is 2.06 bits per heavy atom. The monoisotopic (exact) mass is 230 g/mol. The van der Waals surface area contributed by atoms with Gasteiger partial charge in [0, 0.05) is 11.1 Å². The fourth-order valence-electron chi connectivity index (χ4n) is 1.60. The molecule has 0 saturated heterocycles. The lowest BCUT2D eigenvalue weighted by atomic mass is 10.0. The molecule has 0 aliphatic rings. The van der Waals surface area contributed by atoms with E-state index >= 15 is 0 Å². The summed E-state index contributed by atoms with van der Waals surface area (Å²) >= 11 is 0. The molecule has 0 amide bonds. The second kappa shape index (κ2) is 4.25. The summed E-state index contributed by atoms with van der Waals surface area (Å²) in [4.78, 5) is 22.0. The molecule has 1 N–H and O–H groups in total. The maximum atomic E-state index is 11.4. The van der Waals surface area contributed by atoms with E-state index in [0.29, 0.717) is 23.2 Å². The largest absolute Gasteiger partial charge is 0.508 e. The highest BCUT2D eigenvalue weighted by Crippen LogP contribution is 2.28. The highest BCUT2D eigenvalue weighted by molar-refractivity contribution is 6.00. The summed E-state index contributed by atoms with van der Waals surface area (Å²) in [5, 5.41) is 9.35. The van der Waals surface area contributed by atoms with Gasteiger partial charge in [-0.2, -0.15) is 0 Å². The van der Waals surface area contributed by atoms with Crippen molar-refractivity contribution >= 4 is 12.1 Å². The molecule has 0 aliphatic carbocycles. The van der Waals surface area contributed by atoms with Gasteiger partial charge in [0.2, 0.25) is 0 Å². The summed E-state index contributed by atoms with van der Waals surface area (Å²) in [6.45, 7) is 1.40. The van der Waals surface area contributed by atoms with Crippen molar-refractivity contribution in [3.8, 4) is 17.1 Å². The quantitative estimate of drug-likeness (QED) is 0.650. The molecule has 0 fully saturated rings. The molecule has 1 aromatic carbocycles. The third-order valence-corrected chi connectivity index (χ3v) is 2.39. The third-order valence-electron chi connectivity index (χ3n) is 2.39. The first-order valence-electron chi connectivity index (χ1n) is 5.01. The van der Waals surface area contributed by atoms with Gasteiger partial charge >= 0.3 is 0 Å². The van der Waals surface area contributed by atoms with E-state index < -0.39 is 0 Å². The van der Waals surface area contributed by atoms with E-state index in [1.54, 1.807) is 12.1 Å². The van der Waals surface area contributed by atoms with Gasteiger partial charge < -0.3 is 9.52 Å². The zero-order chi connectivity index (χ0) is 12.4. The van der Waals surface area contributed by atoms with E-state index in [0.717, 1.165) is 0 Å². The number of rotatable bonds is 3. The summed E-state index contributed by atoms with van der Waals surface area (Å²) in [5.74, 6) is 0.459. The van der Waals surface area contributed by atoms with E-state index in [9.17, 15) is 14.7 Å². The summed E-state index contributed by atoms with van der Waals surface area (Å²) in [5.41, 5.74) is 0.917. The lowest BCUT2D eigenvalue weighted by molar-refractivity contribution is 0.101. The minimum absolute atomic E-state index is 0.0149. The highest BCUT2D eigenvalue weighted by atomic mass is 16.3. The molecule has 2 aromatic rings. The molecule has 2 rings (SSSR count). The van der Waals surface area contributed by atoms with Crippen LogP contribution in [-0.2, 0) is 0 Å². The predicted octanol–water partition coefficient (Wildman–Crippen LogP) is 2.67. The minimum Gasteiger partial charge on any atom is -0.508 e. The number of carbonyl (C=O) groups excluding carboxylic acids is 2. The molecule has 4 nitrogen and oxygen atoms in total. The zero-order valence-electron chi connectivity index (χ0n) is 9.14. The van der Waals surface area contributed by atoms with Crippen LogP contribution >= 0.6 is 0 Å². The Kier molecular flexibility index (Phi) is 2.78. The Balaban J connectivity index is 2.58. The van der Waals surface area contributed by atoms with Crippen LogP contribution in [-0.4, -0.2) is 17.2 Å². The van der Waals surface area contributed by atoms with Crippen LogP contribution in [0, 0.1) is 0 Å². The fourth-order valence-corrected chi connectivity index (χ4v) is 1.60. The maximum absolute atomic E-state index is 11.4. The van der Waals surface area contributed by atoms with Crippen molar-refractivity contribution in [2.75, 3.05) is 0 Å². The van der Waals surface area contributed by atoms with E-state index in [4.69, 9.17) is 4.42 Å². The first-order chi connectivity index (χ1) is 8.11. The van der Waals surface area contributed by atoms with Crippen LogP contribution in [0.4, 0.5) is 0 Å². The van der Waals surface area contributed by atoms with E-state index in [-0.39, 0.29) is 17.3 Å². The zero-order valence-corrected chi connectivity index (χ0v) is 9.14. The van der Waals surface area contributed by atoms with Crippen LogP contribution < -0.4 is 0 Å². The predicted molar refractivity (Wildman–Crippen MR) is 61.2 cm³/mol. The van der Waals surface area contributed by atoms with Gasteiger partial charge in [-0.3, -0.25) is 9.59 Å². The average Bonchev–Trinajstić information content (AvgIpc) is 2.77. The van der Waals surface area contributed by atoms with Gasteiger partial charge in [0.05, 0.1) is 0 Å². The number of furan rings is 1. The Hall–Kier alpha value is -2.36. The number of hydrogen-bond acceptors (Lipinski definition) is 4. The van der Waals surface area contributed by atoms with E-state index in [1.165, 1.54) is 25.1 Å². The van der Waals surface area contributed by atoms with Gasteiger partial charge in [-0.25, -0.2) is 0 Å². The molecule has 0 spiro atoms. The first-order valence-corrected chi connectivity index (χ1v) is 5.01. The van der Waals surface area contributed by atoms with Crippen molar-refractivity contribution in [2.45, 2.75) is 6.92 Å². The molecular weight excluding hydrogens is 220 g/mol. The fraction of sp³-hybridized carbons (Fsp3) is 0.0769. The van der Waals surface area contributed by atoms with Crippen LogP contribution in [0.15, 0.2) is 34.7 Å². The molecule has 0 atom stereocenters. The number of aromatic hydroxyl groups is 1. The van der Waals surface area contributed by atoms with Crippen LogP contribution in [0.3, 0.4) is 0 Å². The highest BCUT2D eigenvalue weighted by Gasteiger charge is 2.13. The van der Waals surface area contributed by atoms with Gasteiger partial charge in [0.25, 0.3) is 0 Å². The normalized spacial score (nSPS) is 10.2. The van der Waals surface area contributed by atoms with E-state index in [2.05, 4.69) is 0 Å². The Labute approximate surface area is 97.5 Å². The standard InChI is InChI=1S/C13H10O4/c1-8(15)12-6-9(16)2-4-11(12)13-5-3-10(7-14)17-13/h2-7,16H,1H3. The Bertz CT molecular complexity index is 581.